The maximum atomic E-state index is 12.2. The van der Waals surface area contributed by atoms with Gasteiger partial charge in [-0.1, -0.05) is 0 Å². The second-order valence-corrected chi connectivity index (χ2v) is 5.73. The number of benzene rings is 1. The number of nitrogens with zero attached hydrogens (tertiary/aromatic N) is 2. The molecule has 7 nitrogen and oxygen atoms in total. The number of methoxy groups -OCH3 is 3. The fraction of sp³-hybridized carbons (Fsp3) is 0.412. The molecule has 24 heavy (non-hydrogen) atoms. The molecule has 1 aromatic heterocycles. The van der Waals surface area contributed by atoms with Gasteiger partial charge < -0.3 is 19.5 Å². The number of hydrogen-bond donors (Lipinski definition) is 1. The molecular formula is C17H21N3O4. The highest BCUT2D eigenvalue weighted by atomic mass is 16.5. The van der Waals surface area contributed by atoms with E-state index in [9.17, 15) is 4.79 Å². The number of aryl methyl sites for hydroxylation is 1. The molecule has 2 heterocycles. The maximum Gasteiger partial charge on any atom is 0.226 e. The lowest BCUT2D eigenvalue weighted by molar-refractivity contribution is -0.116. The van der Waals surface area contributed by atoms with Gasteiger partial charge in [0, 0.05) is 42.3 Å². The number of anilines is 1. The molecule has 7 heteroatoms. The van der Waals surface area contributed by atoms with Crippen LogP contribution in [0.1, 0.15) is 29.2 Å². The van der Waals surface area contributed by atoms with Crippen LogP contribution in [0.2, 0.25) is 0 Å². The Balaban J connectivity index is 2.20. The van der Waals surface area contributed by atoms with E-state index >= 15 is 0 Å². The lowest BCUT2D eigenvalue weighted by Gasteiger charge is -2.25. The Morgan fingerprint density at radius 2 is 1.75 bits per heavy atom. The second-order valence-electron chi connectivity index (χ2n) is 5.73. The number of ether oxygens (including phenoxy) is 3. The van der Waals surface area contributed by atoms with Crippen LogP contribution in [-0.2, 0) is 11.8 Å². The van der Waals surface area contributed by atoms with E-state index in [1.54, 1.807) is 32.1 Å². The number of rotatable bonds is 4. The van der Waals surface area contributed by atoms with Gasteiger partial charge in [0.25, 0.3) is 0 Å². The second kappa shape index (κ2) is 6.07. The average Bonchev–Trinajstić information content (AvgIpc) is 2.86. The molecule has 1 N–H and O–H groups in total. The Labute approximate surface area is 140 Å². The van der Waals surface area contributed by atoms with E-state index in [4.69, 9.17) is 14.2 Å². The van der Waals surface area contributed by atoms with Crippen molar-refractivity contribution in [3.05, 3.63) is 29.0 Å². The summed E-state index contributed by atoms with van der Waals surface area (Å²) in [7, 11) is 6.63. The van der Waals surface area contributed by atoms with Gasteiger partial charge in [0.2, 0.25) is 5.91 Å². The number of nitrogens with one attached hydrogen (secondary N) is 1. The van der Waals surface area contributed by atoms with Crippen molar-refractivity contribution in [2.45, 2.75) is 19.3 Å². The minimum absolute atomic E-state index is 0.0672. The molecule has 1 aliphatic heterocycles. The fourth-order valence-electron chi connectivity index (χ4n) is 3.20. The van der Waals surface area contributed by atoms with Crippen LogP contribution < -0.4 is 19.5 Å². The summed E-state index contributed by atoms with van der Waals surface area (Å²) >= 11 is 0. The molecule has 0 aliphatic carbocycles. The van der Waals surface area contributed by atoms with Gasteiger partial charge in [0.1, 0.15) is 5.75 Å². The summed E-state index contributed by atoms with van der Waals surface area (Å²) in [5.74, 6) is 2.22. The topological polar surface area (TPSA) is 74.6 Å². The van der Waals surface area contributed by atoms with Gasteiger partial charge in [0.15, 0.2) is 17.3 Å². The smallest absolute Gasteiger partial charge is 0.226 e. The van der Waals surface area contributed by atoms with E-state index in [-0.39, 0.29) is 11.8 Å². The SMILES string of the molecule is COc1cc(OC)c(C2CC(=O)Nc3nn(C)c(C)c32)cc1OC. The number of carbonyl (C=O) groups excluding carboxylic acids is 1. The number of fused-ring (bicyclic) bond motifs is 1. The Morgan fingerprint density at radius 1 is 1.12 bits per heavy atom. The molecule has 0 saturated heterocycles. The third-order valence-corrected chi connectivity index (χ3v) is 4.49. The van der Waals surface area contributed by atoms with Crippen LogP contribution in [0.5, 0.6) is 17.2 Å². The molecule has 0 radical (unpaired) electrons. The molecule has 1 aromatic carbocycles. The van der Waals surface area contributed by atoms with Gasteiger partial charge in [-0.05, 0) is 13.0 Å². The maximum absolute atomic E-state index is 12.2. The Kier molecular flexibility index (Phi) is 4.09. The zero-order valence-corrected chi connectivity index (χ0v) is 14.5. The normalized spacial score (nSPS) is 16.4. The van der Waals surface area contributed by atoms with Gasteiger partial charge in [-0.25, -0.2) is 0 Å². The van der Waals surface area contributed by atoms with Crippen molar-refractivity contribution in [3.8, 4) is 17.2 Å². The molecule has 0 spiro atoms. The van der Waals surface area contributed by atoms with Gasteiger partial charge in [0.05, 0.1) is 21.3 Å². The van der Waals surface area contributed by atoms with E-state index in [1.807, 2.05) is 20.0 Å². The Morgan fingerprint density at radius 3 is 2.38 bits per heavy atom. The van der Waals surface area contributed by atoms with Crippen molar-refractivity contribution < 1.29 is 19.0 Å². The summed E-state index contributed by atoms with van der Waals surface area (Å²) in [6.07, 6.45) is 0.325. The third kappa shape index (κ3) is 2.46. The molecule has 0 saturated carbocycles. The highest BCUT2D eigenvalue weighted by Crippen LogP contribution is 2.45. The summed E-state index contributed by atoms with van der Waals surface area (Å²) in [6, 6.07) is 3.66. The van der Waals surface area contributed by atoms with Crippen LogP contribution >= 0.6 is 0 Å². The quantitative estimate of drug-likeness (QED) is 0.930. The van der Waals surface area contributed by atoms with Gasteiger partial charge >= 0.3 is 0 Å². The lowest BCUT2D eigenvalue weighted by atomic mass is 9.85. The zero-order valence-electron chi connectivity index (χ0n) is 14.5. The average molecular weight is 331 g/mol. The van der Waals surface area contributed by atoms with E-state index in [2.05, 4.69) is 10.4 Å². The summed E-state index contributed by atoms with van der Waals surface area (Å²) in [4.78, 5) is 12.2. The van der Waals surface area contributed by atoms with Crippen molar-refractivity contribution >= 4 is 11.7 Å². The molecular weight excluding hydrogens is 310 g/mol. The first-order valence-electron chi connectivity index (χ1n) is 7.63. The predicted molar refractivity (Wildman–Crippen MR) is 89.1 cm³/mol. The van der Waals surface area contributed by atoms with Crippen molar-refractivity contribution in [2.75, 3.05) is 26.6 Å². The minimum Gasteiger partial charge on any atom is -0.496 e. The van der Waals surface area contributed by atoms with Crippen LogP contribution in [0.4, 0.5) is 5.82 Å². The first kappa shape index (κ1) is 16.2. The predicted octanol–water partition coefficient (Wildman–Crippen LogP) is 2.23. The van der Waals surface area contributed by atoms with Crippen molar-refractivity contribution in [1.82, 2.24) is 9.78 Å². The monoisotopic (exact) mass is 331 g/mol. The summed E-state index contributed by atoms with van der Waals surface area (Å²) in [6.45, 7) is 1.99. The van der Waals surface area contributed by atoms with Gasteiger partial charge in [-0.15, -0.1) is 0 Å². The van der Waals surface area contributed by atoms with Gasteiger partial charge in [-0.2, -0.15) is 5.10 Å². The molecule has 1 unspecified atom stereocenters. The van der Waals surface area contributed by atoms with Crippen LogP contribution in [0.25, 0.3) is 0 Å². The van der Waals surface area contributed by atoms with E-state index in [1.165, 1.54) is 0 Å². The van der Waals surface area contributed by atoms with E-state index < -0.39 is 0 Å². The number of amides is 1. The van der Waals surface area contributed by atoms with Crippen LogP contribution in [0.3, 0.4) is 0 Å². The Bertz CT molecular complexity index is 798. The van der Waals surface area contributed by atoms with E-state index in [0.717, 1.165) is 16.8 Å². The molecule has 2 aromatic rings. The van der Waals surface area contributed by atoms with E-state index in [0.29, 0.717) is 29.5 Å². The minimum atomic E-state index is -0.155. The molecule has 1 atom stereocenters. The number of carbonyl (C=O) groups is 1. The molecule has 0 bridgehead atoms. The first-order valence-corrected chi connectivity index (χ1v) is 7.63. The van der Waals surface area contributed by atoms with Crippen molar-refractivity contribution in [3.63, 3.8) is 0 Å². The molecule has 128 valence electrons. The van der Waals surface area contributed by atoms with Crippen molar-refractivity contribution in [2.24, 2.45) is 7.05 Å². The lowest BCUT2D eigenvalue weighted by Crippen LogP contribution is -2.23. The highest BCUT2D eigenvalue weighted by molar-refractivity contribution is 5.94. The molecule has 1 amide bonds. The molecule has 1 aliphatic rings. The first-order chi connectivity index (χ1) is 11.5. The Hall–Kier alpha value is -2.70. The van der Waals surface area contributed by atoms with Crippen LogP contribution in [-0.4, -0.2) is 37.0 Å². The van der Waals surface area contributed by atoms with Crippen LogP contribution in [0.15, 0.2) is 12.1 Å². The fourth-order valence-corrected chi connectivity index (χ4v) is 3.20. The largest absolute Gasteiger partial charge is 0.496 e. The molecule has 3 rings (SSSR count). The van der Waals surface area contributed by atoms with Gasteiger partial charge in [-0.3, -0.25) is 9.48 Å². The summed E-state index contributed by atoms with van der Waals surface area (Å²) < 4.78 is 18.1. The third-order valence-electron chi connectivity index (χ3n) is 4.49. The zero-order chi connectivity index (χ0) is 17.4. The van der Waals surface area contributed by atoms with Crippen LogP contribution in [0, 0.1) is 6.92 Å². The number of hydrogen-bond acceptors (Lipinski definition) is 5. The van der Waals surface area contributed by atoms with Crippen molar-refractivity contribution in [1.29, 1.82) is 0 Å². The number of aromatic nitrogens is 2. The molecule has 0 fully saturated rings. The summed E-state index contributed by atoms with van der Waals surface area (Å²) in [5, 5.41) is 7.24. The standard InChI is InChI=1S/C17H21N3O4/c1-9-16-11(7-15(21)18-17(16)19-20(9)2)10-6-13(23-4)14(24-5)8-12(10)22-3/h6,8,11H,7H2,1-5H3,(H,18,19,21). The highest BCUT2D eigenvalue weighted by Gasteiger charge is 2.33. The summed E-state index contributed by atoms with van der Waals surface area (Å²) in [5.41, 5.74) is 2.89.